The van der Waals surface area contributed by atoms with E-state index in [1.54, 1.807) is 0 Å². The summed E-state index contributed by atoms with van der Waals surface area (Å²) in [6.07, 6.45) is -1.49. The molecule has 78 valence electrons. The highest BCUT2D eigenvalue weighted by Crippen LogP contribution is 2.34. The molecule has 6 nitrogen and oxygen atoms in total. The summed E-state index contributed by atoms with van der Waals surface area (Å²) in [5, 5.41) is 17.6. The maximum Gasteiger partial charge on any atom is 0.415 e. The van der Waals surface area contributed by atoms with Gasteiger partial charge in [-0.1, -0.05) is 6.92 Å². The van der Waals surface area contributed by atoms with Crippen LogP contribution in [0, 0.1) is 5.92 Å². The number of carbonyl (C=O) groups is 3. The lowest BCUT2D eigenvalue weighted by atomic mass is 9.95. The summed E-state index contributed by atoms with van der Waals surface area (Å²) in [4.78, 5) is 33.3. The number of imide groups is 1. The third-order valence-corrected chi connectivity index (χ3v) is 2.49. The van der Waals surface area contributed by atoms with Crippen LogP contribution in [-0.4, -0.2) is 38.6 Å². The Balaban J connectivity index is 3.15. The second-order valence-corrected chi connectivity index (χ2v) is 3.64. The highest BCUT2D eigenvalue weighted by atomic mass is 16.4. The van der Waals surface area contributed by atoms with Crippen molar-refractivity contribution in [2.24, 2.45) is 5.92 Å². The van der Waals surface area contributed by atoms with Crippen molar-refractivity contribution < 1.29 is 24.6 Å². The third-order valence-electron chi connectivity index (χ3n) is 2.49. The minimum Gasteiger partial charge on any atom is -0.479 e. The molecule has 2 unspecified atom stereocenters. The standard InChI is InChI=1S/C8H11NO5/c1-4-3-8(2,6(11)12)9(5(4)10)7(13)14/h4H,3H2,1-2H3,(H,11,12)(H,13,14). The van der Waals surface area contributed by atoms with Crippen LogP contribution < -0.4 is 0 Å². The fraction of sp³-hybridized carbons (Fsp3) is 0.625. The molecule has 1 aliphatic rings. The quantitative estimate of drug-likeness (QED) is 0.639. The molecular formula is C8H11NO5. The molecule has 0 radical (unpaired) electrons. The molecule has 0 aromatic rings. The van der Waals surface area contributed by atoms with Gasteiger partial charge in [-0.25, -0.2) is 14.5 Å². The van der Waals surface area contributed by atoms with Crippen molar-refractivity contribution >= 4 is 18.0 Å². The van der Waals surface area contributed by atoms with Gasteiger partial charge in [0.2, 0.25) is 5.91 Å². The summed E-state index contributed by atoms with van der Waals surface area (Å²) >= 11 is 0. The lowest BCUT2D eigenvalue weighted by molar-refractivity contribution is -0.151. The minimum absolute atomic E-state index is 0.0213. The Labute approximate surface area is 80.1 Å². The Bertz CT molecular complexity index is 313. The number of carboxylic acid groups (broad SMARTS) is 2. The Morgan fingerprint density at radius 2 is 2.00 bits per heavy atom. The molecule has 2 N–H and O–H groups in total. The van der Waals surface area contributed by atoms with E-state index >= 15 is 0 Å². The molecule has 1 heterocycles. The number of carboxylic acids is 1. The number of aliphatic carboxylic acids is 1. The van der Waals surface area contributed by atoms with Crippen LogP contribution in [0.1, 0.15) is 20.3 Å². The molecule has 1 aliphatic heterocycles. The summed E-state index contributed by atoms with van der Waals surface area (Å²) in [7, 11) is 0. The monoisotopic (exact) mass is 201 g/mol. The number of hydrogen-bond acceptors (Lipinski definition) is 3. The normalized spacial score (nSPS) is 32.0. The fourth-order valence-electron chi connectivity index (χ4n) is 1.73. The van der Waals surface area contributed by atoms with Crippen molar-refractivity contribution in [3.05, 3.63) is 0 Å². The zero-order valence-corrected chi connectivity index (χ0v) is 7.85. The maximum atomic E-state index is 11.3. The molecule has 1 rings (SSSR count). The van der Waals surface area contributed by atoms with Gasteiger partial charge in [0.05, 0.1) is 0 Å². The van der Waals surface area contributed by atoms with Crippen molar-refractivity contribution in [2.75, 3.05) is 0 Å². The van der Waals surface area contributed by atoms with Gasteiger partial charge in [0.25, 0.3) is 0 Å². The average Bonchev–Trinajstić information content (AvgIpc) is 2.24. The van der Waals surface area contributed by atoms with E-state index in [4.69, 9.17) is 10.2 Å². The first-order valence-electron chi connectivity index (χ1n) is 4.11. The summed E-state index contributed by atoms with van der Waals surface area (Å²) in [5.41, 5.74) is -1.62. The van der Waals surface area contributed by atoms with E-state index in [0.717, 1.165) is 0 Å². The number of likely N-dealkylation sites (tertiary alicyclic amines) is 1. The molecule has 0 aliphatic carbocycles. The zero-order chi connectivity index (χ0) is 11.1. The van der Waals surface area contributed by atoms with Gasteiger partial charge in [0.1, 0.15) is 5.54 Å². The van der Waals surface area contributed by atoms with Gasteiger partial charge in [-0.3, -0.25) is 4.79 Å². The number of hydrogen-bond donors (Lipinski definition) is 2. The molecule has 0 aromatic carbocycles. The Hall–Kier alpha value is -1.59. The predicted molar refractivity (Wildman–Crippen MR) is 44.7 cm³/mol. The van der Waals surface area contributed by atoms with Crippen molar-refractivity contribution in [1.82, 2.24) is 4.90 Å². The topological polar surface area (TPSA) is 94.9 Å². The van der Waals surface area contributed by atoms with Crippen LogP contribution in [0.3, 0.4) is 0 Å². The van der Waals surface area contributed by atoms with Gasteiger partial charge < -0.3 is 10.2 Å². The van der Waals surface area contributed by atoms with Crippen LogP contribution in [0.2, 0.25) is 0 Å². The molecule has 14 heavy (non-hydrogen) atoms. The van der Waals surface area contributed by atoms with Crippen molar-refractivity contribution in [3.8, 4) is 0 Å². The van der Waals surface area contributed by atoms with E-state index in [2.05, 4.69) is 0 Å². The van der Waals surface area contributed by atoms with E-state index < -0.39 is 29.4 Å². The summed E-state index contributed by atoms with van der Waals surface area (Å²) < 4.78 is 0. The van der Waals surface area contributed by atoms with Crippen LogP contribution >= 0.6 is 0 Å². The first-order chi connectivity index (χ1) is 6.30. The minimum atomic E-state index is -1.62. The smallest absolute Gasteiger partial charge is 0.415 e. The molecule has 0 aromatic heterocycles. The van der Waals surface area contributed by atoms with Gasteiger partial charge in [-0.05, 0) is 13.3 Å². The van der Waals surface area contributed by atoms with E-state index in [1.807, 2.05) is 0 Å². The van der Waals surface area contributed by atoms with Gasteiger partial charge in [0, 0.05) is 5.92 Å². The van der Waals surface area contributed by atoms with E-state index in [9.17, 15) is 14.4 Å². The molecule has 1 saturated heterocycles. The van der Waals surface area contributed by atoms with Crippen LogP contribution in [0.5, 0.6) is 0 Å². The van der Waals surface area contributed by atoms with Gasteiger partial charge in [-0.15, -0.1) is 0 Å². The lowest BCUT2D eigenvalue weighted by Crippen LogP contribution is -2.51. The largest absolute Gasteiger partial charge is 0.479 e. The zero-order valence-electron chi connectivity index (χ0n) is 7.85. The Kier molecular flexibility index (Phi) is 2.22. The highest BCUT2D eigenvalue weighted by molar-refractivity contribution is 6.01. The maximum absolute atomic E-state index is 11.3. The molecule has 0 spiro atoms. The van der Waals surface area contributed by atoms with Crippen molar-refractivity contribution in [3.63, 3.8) is 0 Å². The Morgan fingerprint density at radius 1 is 1.50 bits per heavy atom. The molecule has 0 bridgehead atoms. The SMILES string of the molecule is CC1CC(C)(C(=O)O)N(C(=O)O)C1=O. The Morgan fingerprint density at radius 3 is 2.29 bits per heavy atom. The molecule has 2 atom stereocenters. The third kappa shape index (κ3) is 1.23. The molecule has 1 fully saturated rings. The first kappa shape index (κ1) is 10.5. The summed E-state index contributed by atoms with van der Waals surface area (Å²) in [6.45, 7) is 2.76. The van der Waals surface area contributed by atoms with E-state index in [1.165, 1.54) is 13.8 Å². The first-order valence-corrected chi connectivity index (χ1v) is 4.11. The van der Waals surface area contributed by atoms with Gasteiger partial charge in [-0.2, -0.15) is 0 Å². The average molecular weight is 201 g/mol. The summed E-state index contributed by atoms with van der Waals surface area (Å²) in [5.74, 6) is -2.51. The van der Waals surface area contributed by atoms with E-state index in [-0.39, 0.29) is 6.42 Å². The fourth-order valence-corrected chi connectivity index (χ4v) is 1.73. The second-order valence-electron chi connectivity index (χ2n) is 3.64. The summed E-state index contributed by atoms with van der Waals surface area (Å²) in [6, 6.07) is 0. The van der Waals surface area contributed by atoms with Gasteiger partial charge in [0.15, 0.2) is 0 Å². The van der Waals surface area contributed by atoms with Crippen LogP contribution in [0.4, 0.5) is 4.79 Å². The van der Waals surface area contributed by atoms with Gasteiger partial charge >= 0.3 is 12.1 Å². The molecule has 6 heteroatoms. The van der Waals surface area contributed by atoms with E-state index in [0.29, 0.717) is 4.90 Å². The van der Waals surface area contributed by atoms with Crippen molar-refractivity contribution in [2.45, 2.75) is 25.8 Å². The number of carbonyl (C=O) groups excluding carboxylic acids is 1. The lowest BCUT2D eigenvalue weighted by Gasteiger charge is -2.26. The highest BCUT2D eigenvalue weighted by Gasteiger charge is 2.54. The van der Waals surface area contributed by atoms with Crippen LogP contribution in [0.15, 0.2) is 0 Å². The van der Waals surface area contributed by atoms with Crippen LogP contribution in [0.25, 0.3) is 0 Å². The van der Waals surface area contributed by atoms with Crippen molar-refractivity contribution in [1.29, 1.82) is 0 Å². The molecule has 0 saturated carbocycles. The number of rotatable bonds is 1. The molecular weight excluding hydrogens is 190 g/mol. The predicted octanol–water partition coefficient (Wildman–Crippen LogP) is 0.376. The number of nitrogens with zero attached hydrogens (tertiary/aromatic N) is 1. The van der Waals surface area contributed by atoms with Crippen LogP contribution in [-0.2, 0) is 9.59 Å². The number of amides is 2. The molecule has 2 amide bonds. The second kappa shape index (κ2) is 2.97.